The summed E-state index contributed by atoms with van der Waals surface area (Å²) in [6.45, 7) is 0.505. The zero-order chi connectivity index (χ0) is 17.6. The van der Waals surface area contributed by atoms with Crippen molar-refractivity contribution in [2.75, 3.05) is 13.7 Å². The van der Waals surface area contributed by atoms with Crippen molar-refractivity contribution >= 4 is 5.91 Å². The van der Waals surface area contributed by atoms with Gasteiger partial charge in [0.1, 0.15) is 5.75 Å². The van der Waals surface area contributed by atoms with Gasteiger partial charge in [0.15, 0.2) is 0 Å². The monoisotopic (exact) mass is 344 g/mol. The molecule has 1 amide bonds. The standard InChI is InChI=1S/C18H24N4O3/c1-24-14-9-7-13(8-10-14)18-21-17(25-22-18)4-2-3-16(23)20-15(11-19)12-5-6-12/h7-10,12,15H,2-6,11,19H2,1H3,(H,20,23). The summed E-state index contributed by atoms with van der Waals surface area (Å²) in [6, 6.07) is 7.59. The van der Waals surface area contributed by atoms with Crippen molar-refractivity contribution in [2.45, 2.75) is 38.1 Å². The fourth-order valence-electron chi connectivity index (χ4n) is 2.76. The number of rotatable bonds is 9. The lowest BCUT2D eigenvalue weighted by atomic mass is 10.1. The first-order valence-corrected chi connectivity index (χ1v) is 8.66. The summed E-state index contributed by atoms with van der Waals surface area (Å²) in [5, 5.41) is 7.00. The summed E-state index contributed by atoms with van der Waals surface area (Å²) in [5.74, 6) is 2.46. The highest BCUT2D eigenvalue weighted by Gasteiger charge is 2.31. The second-order valence-corrected chi connectivity index (χ2v) is 6.34. The largest absolute Gasteiger partial charge is 0.497 e. The minimum atomic E-state index is 0.0391. The van der Waals surface area contributed by atoms with Crippen LogP contribution >= 0.6 is 0 Å². The fraction of sp³-hybridized carbons (Fsp3) is 0.500. The number of amides is 1. The lowest BCUT2D eigenvalue weighted by Crippen LogP contribution is -2.41. The molecule has 0 bridgehead atoms. The summed E-state index contributed by atoms with van der Waals surface area (Å²) in [4.78, 5) is 16.4. The first-order valence-electron chi connectivity index (χ1n) is 8.66. The van der Waals surface area contributed by atoms with Gasteiger partial charge in [-0.1, -0.05) is 5.16 Å². The molecule has 0 aliphatic heterocycles. The molecule has 1 heterocycles. The van der Waals surface area contributed by atoms with Gasteiger partial charge >= 0.3 is 0 Å². The zero-order valence-corrected chi connectivity index (χ0v) is 14.4. The SMILES string of the molecule is COc1ccc(-c2noc(CCCC(=O)NC(CN)C3CC3)n2)cc1. The van der Waals surface area contributed by atoms with Crippen LogP contribution in [0.1, 0.15) is 31.6 Å². The van der Waals surface area contributed by atoms with Crippen molar-refractivity contribution < 1.29 is 14.1 Å². The molecule has 0 radical (unpaired) electrons. The normalized spacial score (nSPS) is 15.0. The van der Waals surface area contributed by atoms with E-state index in [-0.39, 0.29) is 11.9 Å². The third-order valence-corrected chi connectivity index (χ3v) is 4.40. The van der Waals surface area contributed by atoms with Crippen LogP contribution in [0.15, 0.2) is 28.8 Å². The molecule has 1 saturated carbocycles. The van der Waals surface area contributed by atoms with Crippen molar-refractivity contribution in [1.82, 2.24) is 15.5 Å². The number of nitrogens with one attached hydrogen (secondary N) is 1. The molecule has 7 heteroatoms. The Labute approximate surface area is 146 Å². The van der Waals surface area contributed by atoms with E-state index in [1.807, 2.05) is 24.3 Å². The number of methoxy groups -OCH3 is 1. The van der Waals surface area contributed by atoms with E-state index in [0.717, 1.165) is 24.2 Å². The van der Waals surface area contributed by atoms with Crippen LogP contribution in [0.5, 0.6) is 5.75 Å². The second kappa shape index (κ2) is 8.11. The van der Waals surface area contributed by atoms with E-state index in [2.05, 4.69) is 15.5 Å². The van der Waals surface area contributed by atoms with Crippen molar-refractivity contribution in [3.8, 4) is 17.1 Å². The van der Waals surface area contributed by atoms with E-state index in [0.29, 0.717) is 43.4 Å². The Morgan fingerprint density at radius 1 is 1.40 bits per heavy atom. The number of nitrogens with zero attached hydrogens (tertiary/aromatic N) is 2. The molecule has 134 valence electrons. The van der Waals surface area contributed by atoms with Crippen LogP contribution in [-0.2, 0) is 11.2 Å². The van der Waals surface area contributed by atoms with Crippen LogP contribution in [0.2, 0.25) is 0 Å². The van der Waals surface area contributed by atoms with Crippen molar-refractivity contribution in [1.29, 1.82) is 0 Å². The quantitative estimate of drug-likeness (QED) is 0.720. The lowest BCUT2D eigenvalue weighted by molar-refractivity contribution is -0.122. The average Bonchev–Trinajstić information content (AvgIpc) is 3.38. The van der Waals surface area contributed by atoms with E-state index >= 15 is 0 Å². The van der Waals surface area contributed by atoms with Gasteiger partial charge in [0.05, 0.1) is 7.11 Å². The van der Waals surface area contributed by atoms with Crippen LogP contribution in [0.3, 0.4) is 0 Å². The Balaban J connectivity index is 1.45. The van der Waals surface area contributed by atoms with Gasteiger partial charge in [0.25, 0.3) is 0 Å². The summed E-state index contributed by atoms with van der Waals surface area (Å²) >= 11 is 0. The van der Waals surface area contributed by atoms with Crippen LogP contribution < -0.4 is 15.8 Å². The maximum absolute atomic E-state index is 12.0. The topological polar surface area (TPSA) is 103 Å². The summed E-state index contributed by atoms with van der Waals surface area (Å²) in [7, 11) is 1.62. The number of aryl methyl sites for hydroxylation is 1. The lowest BCUT2D eigenvalue weighted by Gasteiger charge is -2.15. The van der Waals surface area contributed by atoms with Gasteiger partial charge in [-0.2, -0.15) is 4.98 Å². The Hall–Kier alpha value is -2.41. The first-order chi connectivity index (χ1) is 12.2. The Morgan fingerprint density at radius 2 is 2.16 bits per heavy atom. The molecule has 1 aliphatic rings. The predicted octanol–water partition coefficient (Wildman–Crippen LogP) is 1.92. The van der Waals surface area contributed by atoms with Crippen molar-refractivity contribution in [2.24, 2.45) is 11.7 Å². The molecule has 3 N–H and O–H groups in total. The second-order valence-electron chi connectivity index (χ2n) is 6.34. The molecular weight excluding hydrogens is 320 g/mol. The van der Waals surface area contributed by atoms with Gasteiger partial charge in [0.2, 0.25) is 17.6 Å². The van der Waals surface area contributed by atoms with E-state index in [9.17, 15) is 4.79 Å². The highest BCUT2D eigenvalue weighted by molar-refractivity contribution is 5.76. The van der Waals surface area contributed by atoms with E-state index in [4.69, 9.17) is 15.0 Å². The Bertz CT molecular complexity index is 695. The molecule has 1 atom stereocenters. The fourth-order valence-corrected chi connectivity index (χ4v) is 2.76. The number of ether oxygens (including phenoxy) is 1. The third-order valence-electron chi connectivity index (χ3n) is 4.40. The summed E-state index contributed by atoms with van der Waals surface area (Å²) in [5.41, 5.74) is 6.57. The van der Waals surface area contributed by atoms with Gasteiger partial charge in [-0.25, -0.2) is 0 Å². The number of carbonyl (C=O) groups excluding carboxylic acids is 1. The van der Waals surface area contributed by atoms with Crippen LogP contribution in [0, 0.1) is 5.92 Å². The minimum Gasteiger partial charge on any atom is -0.497 e. The molecule has 1 unspecified atom stereocenters. The number of benzene rings is 1. The Morgan fingerprint density at radius 3 is 2.80 bits per heavy atom. The Kier molecular flexibility index (Phi) is 5.65. The van der Waals surface area contributed by atoms with Crippen molar-refractivity contribution in [3.05, 3.63) is 30.2 Å². The summed E-state index contributed by atoms with van der Waals surface area (Å²) < 4.78 is 10.4. The van der Waals surface area contributed by atoms with E-state index < -0.39 is 0 Å². The van der Waals surface area contributed by atoms with Gasteiger partial charge in [0, 0.05) is 31.0 Å². The van der Waals surface area contributed by atoms with Crippen molar-refractivity contribution in [3.63, 3.8) is 0 Å². The molecule has 0 spiro atoms. The molecule has 1 fully saturated rings. The third kappa shape index (κ3) is 4.79. The average molecular weight is 344 g/mol. The van der Waals surface area contributed by atoms with Gasteiger partial charge in [-0.05, 0) is 49.4 Å². The maximum Gasteiger partial charge on any atom is 0.226 e. The summed E-state index contributed by atoms with van der Waals surface area (Å²) in [6.07, 6.45) is 4.01. The van der Waals surface area contributed by atoms with E-state index in [1.165, 1.54) is 0 Å². The van der Waals surface area contributed by atoms with Gasteiger partial charge in [-0.15, -0.1) is 0 Å². The predicted molar refractivity (Wildman–Crippen MR) is 92.9 cm³/mol. The molecule has 0 saturated heterocycles. The molecule has 1 aliphatic carbocycles. The highest BCUT2D eigenvalue weighted by Crippen LogP contribution is 2.32. The minimum absolute atomic E-state index is 0.0391. The number of aromatic nitrogens is 2. The van der Waals surface area contributed by atoms with Crippen LogP contribution in [-0.4, -0.2) is 35.7 Å². The number of hydrogen-bond acceptors (Lipinski definition) is 6. The number of carbonyl (C=O) groups is 1. The number of nitrogens with two attached hydrogens (primary N) is 1. The molecule has 1 aromatic heterocycles. The number of hydrogen-bond donors (Lipinski definition) is 2. The van der Waals surface area contributed by atoms with Gasteiger partial charge < -0.3 is 20.3 Å². The molecule has 2 aromatic rings. The van der Waals surface area contributed by atoms with Gasteiger partial charge in [-0.3, -0.25) is 4.79 Å². The molecule has 7 nitrogen and oxygen atoms in total. The highest BCUT2D eigenvalue weighted by atomic mass is 16.5. The van der Waals surface area contributed by atoms with E-state index in [1.54, 1.807) is 7.11 Å². The zero-order valence-electron chi connectivity index (χ0n) is 14.4. The molecule has 1 aromatic carbocycles. The van der Waals surface area contributed by atoms with Crippen LogP contribution in [0.4, 0.5) is 0 Å². The molecular formula is C18H24N4O3. The first kappa shape index (κ1) is 17.4. The smallest absolute Gasteiger partial charge is 0.226 e. The van der Waals surface area contributed by atoms with Crippen LogP contribution in [0.25, 0.3) is 11.4 Å². The molecule has 25 heavy (non-hydrogen) atoms. The molecule has 3 rings (SSSR count). The maximum atomic E-state index is 12.0.